The molecule has 39 heavy (non-hydrogen) atoms. The van der Waals surface area contributed by atoms with Gasteiger partial charge in [-0.25, -0.2) is 12.8 Å². The molecule has 0 aliphatic rings. The van der Waals surface area contributed by atoms with Crippen LogP contribution in [0.25, 0.3) is 0 Å². The summed E-state index contributed by atoms with van der Waals surface area (Å²) in [7, 11) is -2.60. The van der Waals surface area contributed by atoms with Gasteiger partial charge in [0, 0.05) is 11.6 Å². The predicted octanol–water partition coefficient (Wildman–Crippen LogP) is 5.58. The zero-order valence-corrected chi connectivity index (χ0v) is 22.6. The third kappa shape index (κ3) is 7.49. The van der Waals surface area contributed by atoms with E-state index in [1.54, 1.807) is 54.6 Å². The fraction of sp³-hybridized carbons (Fsp3) is 0.138. The molecule has 0 aliphatic carbocycles. The molecule has 0 saturated carbocycles. The molecule has 7 nitrogen and oxygen atoms in total. The second-order valence-corrected chi connectivity index (χ2v) is 10.8. The fourth-order valence-electron chi connectivity index (χ4n) is 3.66. The van der Waals surface area contributed by atoms with Crippen molar-refractivity contribution in [3.8, 4) is 11.5 Å². The van der Waals surface area contributed by atoms with Gasteiger partial charge in [-0.2, -0.15) is 0 Å². The number of benzene rings is 4. The van der Waals surface area contributed by atoms with Gasteiger partial charge in [0.15, 0.2) is 0 Å². The Labute approximate surface area is 231 Å². The highest BCUT2D eigenvalue weighted by molar-refractivity contribution is 7.92. The molecule has 1 amide bonds. The molecule has 0 unspecified atom stereocenters. The fourth-order valence-corrected chi connectivity index (χ4v) is 5.26. The van der Waals surface area contributed by atoms with Crippen molar-refractivity contribution in [2.24, 2.45) is 0 Å². The maximum atomic E-state index is 13.5. The number of anilines is 1. The molecule has 202 valence electrons. The number of carbonyl (C=O) groups is 1. The number of halogens is 2. The van der Waals surface area contributed by atoms with E-state index in [1.807, 2.05) is 0 Å². The molecule has 4 aromatic rings. The Morgan fingerprint density at radius 2 is 1.54 bits per heavy atom. The first-order valence-electron chi connectivity index (χ1n) is 11.9. The molecule has 4 rings (SSSR count). The van der Waals surface area contributed by atoms with Gasteiger partial charge < -0.3 is 14.8 Å². The first kappa shape index (κ1) is 27.9. The zero-order chi connectivity index (χ0) is 27.8. The second kappa shape index (κ2) is 12.6. The number of hydrogen-bond donors (Lipinski definition) is 1. The summed E-state index contributed by atoms with van der Waals surface area (Å²) in [6.45, 7) is 0.0228. The van der Waals surface area contributed by atoms with Crippen molar-refractivity contribution < 1.29 is 27.1 Å². The zero-order valence-electron chi connectivity index (χ0n) is 21.0. The lowest BCUT2D eigenvalue weighted by molar-refractivity contribution is -0.119. The summed E-state index contributed by atoms with van der Waals surface area (Å²) >= 11 is 6.11. The van der Waals surface area contributed by atoms with E-state index in [1.165, 1.54) is 49.6 Å². The highest BCUT2D eigenvalue weighted by Crippen LogP contribution is 2.27. The van der Waals surface area contributed by atoms with Crippen LogP contribution in [0.15, 0.2) is 102 Å². The van der Waals surface area contributed by atoms with Crippen molar-refractivity contribution >= 4 is 33.2 Å². The summed E-state index contributed by atoms with van der Waals surface area (Å²) in [5.41, 5.74) is 1.89. The van der Waals surface area contributed by atoms with Gasteiger partial charge >= 0.3 is 0 Å². The van der Waals surface area contributed by atoms with Crippen molar-refractivity contribution in [2.45, 2.75) is 18.0 Å². The van der Waals surface area contributed by atoms with Crippen molar-refractivity contribution in [1.82, 2.24) is 5.32 Å². The van der Waals surface area contributed by atoms with Crippen molar-refractivity contribution in [3.63, 3.8) is 0 Å². The lowest BCUT2D eigenvalue weighted by Crippen LogP contribution is -2.40. The monoisotopic (exact) mass is 568 g/mol. The first-order chi connectivity index (χ1) is 18.7. The van der Waals surface area contributed by atoms with Crippen LogP contribution in [-0.4, -0.2) is 28.0 Å². The number of hydrogen-bond acceptors (Lipinski definition) is 5. The standard InChI is InChI=1S/C29H26ClFN2O5S/c1-37-26-13-15-28(16-14-26)39(35,36)33(25-4-2-3-23(30)17-25)19-29(34)32-18-21-7-11-27(12-8-21)38-20-22-5-9-24(31)10-6-22/h2-17H,18-20H2,1H3,(H,32,34). The third-order valence-corrected chi connectivity index (χ3v) is 7.79. The van der Waals surface area contributed by atoms with Crippen molar-refractivity contribution in [3.05, 3.63) is 119 Å². The van der Waals surface area contributed by atoms with Gasteiger partial charge in [0.05, 0.1) is 17.7 Å². The van der Waals surface area contributed by atoms with E-state index in [2.05, 4.69) is 5.32 Å². The highest BCUT2D eigenvalue weighted by Gasteiger charge is 2.27. The Kier molecular flexibility index (Phi) is 9.06. The van der Waals surface area contributed by atoms with Crippen LogP contribution in [0.2, 0.25) is 5.02 Å². The summed E-state index contributed by atoms with van der Waals surface area (Å²) < 4.78 is 51.9. The SMILES string of the molecule is COc1ccc(S(=O)(=O)N(CC(=O)NCc2ccc(OCc3ccc(F)cc3)cc2)c2cccc(Cl)c2)cc1. The molecule has 0 heterocycles. The molecule has 4 aromatic carbocycles. The van der Waals surface area contributed by atoms with E-state index in [-0.39, 0.29) is 22.9 Å². The summed E-state index contributed by atoms with van der Waals surface area (Å²) in [4.78, 5) is 12.9. The Morgan fingerprint density at radius 1 is 0.897 bits per heavy atom. The van der Waals surface area contributed by atoms with Crippen LogP contribution in [0, 0.1) is 5.82 Å². The maximum absolute atomic E-state index is 13.5. The quantitative estimate of drug-likeness (QED) is 0.255. The lowest BCUT2D eigenvalue weighted by Gasteiger charge is -2.24. The topological polar surface area (TPSA) is 84.9 Å². The molecule has 0 spiro atoms. The molecule has 0 saturated heterocycles. The molecule has 0 aromatic heterocycles. The van der Waals surface area contributed by atoms with Gasteiger partial charge in [0.25, 0.3) is 10.0 Å². The third-order valence-electron chi connectivity index (χ3n) is 5.76. The normalized spacial score (nSPS) is 11.1. The Morgan fingerprint density at radius 3 is 2.18 bits per heavy atom. The van der Waals surface area contributed by atoms with Crippen LogP contribution >= 0.6 is 11.6 Å². The summed E-state index contributed by atoms with van der Waals surface area (Å²) in [6, 6.07) is 25.4. The van der Waals surface area contributed by atoms with Crippen molar-refractivity contribution in [2.75, 3.05) is 18.0 Å². The van der Waals surface area contributed by atoms with Gasteiger partial charge in [0.1, 0.15) is 30.5 Å². The Bertz CT molecular complexity index is 1510. The largest absolute Gasteiger partial charge is 0.497 e. The average molecular weight is 569 g/mol. The van der Waals surface area contributed by atoms with E-state index in [4.69, 9.17) is 21.1 Å². The Balaban J connectivity index is 1.41. The van der Waals surface area contributed by atoms with Crippen LogP contribution in [-0.2, 0) is 28.0 Å². The second-order valence-electron chi connectivity index (χ2n) is 8.50. The number of sulfonamides is 1. The molecule has 1 N–H and O–H groups in total. The van der Waals surface area contributed by atoms with Crippen LogP contribution in [0.5, 0.6) is 11.5 Å². The van der Waals surface area contributed by atoms with Crippen LogP contribution < -0.4 is 19.1 Å². The molecule has 0 bridgehead atoms. The Hall–Kier alpha value is -4.08. The number of nitrogens with one attached hydrogen (secondary N) is 1. The number of ether oxygens (including phenoxy) is 2. The molecule has 0 aliphatic heterocycles. The summed E-state index contributed by atoms with van der Waals surface area (Å²) in [5, 5.41) is 3.10. The number of nitrogens with zero attached hydrogens (tertiary/aromatic N) is 1. The van der Waals surface area contributed by atoms with Gasteiger partial charge in [0.2, 0.25) is 5.91 Å². The van der Waals surface area contributed by atoms with Gasteiger partial charge in [-0.3, -0.25) is 9.10 Å². The van der Waals surface area contributed by atoms with Gasteiger partial charge in [-0.15, -0.1) is 0 Å². The van der Waals surface area contributed by atoms with Crippen LogP contribution in [0.3, 0.4) is 0 Å². The molecule has 0 fully saturated rings. The first-order valence-corrected chi connectivity index (χ1v) is 13.7. The average Bonchev–Trinajstić information content (AvgIpc) is 2.95. The molecular weight excluding hydrogens is 543 g/mol. The van der Waals surface area contributed by atoms with Gasteiger partial charge in [-0.1, -0.05) is 41.9 Å². The lowest BCUT2D eigenvalue weighted by atomic mass is 10.2. The van der Waals surface area contributed by atoms with Crippen LogP contribution in [0.1, 0.15) is 11.1 Å². The minimum Gasteiger partial charge on any atom is -0.497 e. The van der Waals surface area contributed by atoms with E-state index in [0.717, 1.165) is 15.4 Å². The number of carbonyl (C=O) groups excluding carboxylic acids is 1. The van der Waals surface area contributed by atoms with E-state index in [0.29, 0.717) is 23.1 Å². The van der Waals surface area contributed by atoms with Crippen molar-refractivity contribution in [1.29, 1.82) is 0 Å². The number of methoxy groups -OCH3 is 1. The van der Waals surface area contributed by atoms with Crippen LogP contribution in [0.4, 0.5) is 10.1 Å². The minimum absolute atomic E-state index is 0.00676. The smallest absolute Gasteiger partial charge is 0.264 e. The molecule has 0 atom stereocenters. The number of rotatable bonds is 11. The summed E-state index contributed by atoms with van der Waals surface area (Å²) in [6.07, 6.45) is 0. The van der Waals surface area contributed by atoms with E-state index >= 15 is 0 Å². The molecule has 0 radical (unpaired) electrons. The predicted molar refractivity (Wildman–Crippen MR) is 148 cm³/mol. The molecule has 10 heteroatoms. The molecular formula is C29H26ClFN2O5S. The highest BCUT2D eigenvalue weighted by atomic mass is 35.5. The minimum atomic E-state index is -4.09. The van der Waals surface area contributed by atoms with E-state index in [9.17, 15) is 17.6 Å². The van der Waals surface area contributed by atoms with Gasteiger partial charge in [-0.05, 0) is 77.9 Å². The maximum Gasteiger partial charge on any atom is 0.264 e. The van der Waals surface area contributed by atoms with E-state index < -0.39 is 22.5 Å². The summed E-state index contributed by atoms with van der Waals surface area (Å²) in [5.74, 6) is 0.322. The number of amides is 1.